The maximum absolute atomic E-state index is 12.4. The average molecular weight is 459 g/mol. The highest BCUT2D eigenvalue weighted by Crippen LogP contribution is 2.45. The van der Waals surface area contributed by atoms with Gasteiger partial charge >= 0.3 is 5.97 Å². The SMILES string of the molecule is COC(=O)CC(c1cc(OC)c2c(c1)OCCO2)C1C(O)NNC1Cc1ccc(OC)cc1. The van der Waals surface area contributed by atoms with E-state index in [1.807, 2.05) is 36.4 Å². The van der Waals surface area contributed by atoms with Crippen molar-refractivity contribution in [1.82, 2.24) is 10.9 Å². The van der Waals surface area contributed by atoms with Crippen LogP contribution in [0.2, 0.25) is 0 Å². The third-order valence-corrected chi connectivity index (χ3v) is 6.22. The van der Waals surface area contributed by atoms with E-state index in [2.05, 4.69) is 10.9 Å². The van der Waals surface area contributed by atoms with Crippen molar-refractivity contribution in [2.24, 2.45) is 5.92 Å². The first-order valence-electron chi connectivity index (χ1n) is 10.9. The summed E-state index contributed by atoms with van der Waals surface area (Å²) in [7, 11) is 4.55. The van der Waals surface area contributed by atoms with Gasteiger partial charge in [0.1, 0.15) is 25.2 Å². The Kier molecular flexibility index (Phi) is 7.22. The van der Waals surface area contributed by atoms with Gasteiger partial charge in [-0.1, -0.05) is 12.1 Å². The Bertz CT molecular complexity index is 949. The van der Waals surface area contributed by atoms with E-state index in [4.69, 9.17) is 23.7 Å². The van der Waals surface area contributed by atoms with Crippen LogP contribution in [0.4, 0.5) is 0 Å². The van der Waals surface area contributed by atoms with Crippen LogP contribution in [-0.2, 0) is 16.0 Å². The number of hydrogen-bond donors (Lipinski definition) is 3. The van der Waals surface area contributed by atoms with Crippen LogP contribution in [0.5, 0.6) is 23.0 Å². The molecule has 0 aliphatic carbocycles. The van der Waals surface area contributed by atoms with E-state index < -0.39 is 6.23 Å². The van der Waals surface area contributed by atoms with Gasteiger partial charge in [-0.25, -0.2) is 5.43 Å². The van der Waals surface area contributed by atoms with Gasteiger partial charge in [-0.15, -0.1) is 0 Å². The molecule has 3 N–H and O–H groups in total. The summed E-state index contributed by atoms with van der Waals surface area (Å²) in [5, 5.41) is 10.9. The summed E-state index contributed by atoms with van der Waals surface area (Å²) in [5.74, 6) is 1.34. The van der Waals surface area contributed by atoms with Gasteiger partial charge in [-0.2, -0.15) is 0 Å². The van der Waals surface area contributed by atoms with Crippen LogP contribution >= 0.6 is 0 Å². The predicted molar refractivity (Wildman–Crippen MR) is 120 cm³/mol. The van der Waals surface area contributed by atoms with Gasteiger partial charge in [-0.3, -0.25) is 10.2 Å². The Morgan fingerprint density at radius 2 is 1.85 bits per heavy atom. The molecule has 2 aromatic rings. The highest BCUT2D eigenvalue weighted by Gasteiger charge is 2.42. The zero-order chi connectivity index (χ0) is 23.4. The lowest BCUT2D eigenvalue weighted by atomic mass is 9.77. The van der Waals surface area contributed by atoms with Crippen LogP contribution < -0.4 is 29.8 Å². The molecule has 9 heteroatoms. The van der Waals surface area contributed by atoms with Gasteiger partial charge in [0.2, 0.25) is 5.75 Å². The molecule has 4 rings (SSSR count). The first-order chi connectivity index (χ1) is 16.0. The van der Waals surface area contributed by atoms with Crippen LogP contribution in [0.25, 0.3) is 0 Å². The van der Waals surface area contributed by atoms with Gasteiger partial charge < -0.3 is 28.8 Å². The van der Waals surface area contributed by atoms with E-state index in [1.54, 1.807) is 14.2 Å². The van der Waals surface area contributed by atoms with Crippen molar-refractivity contribution in [3.8, 4) is 23.0 Å². The van der Waals surface area contributed by atoms with Gasteiger partial charge in [0, 0.05) is 17.9 Å². The van der Waals surface area contributed by atoms with Crippen molar-refractivity contribution in [2.45, 2.75) is 31.0 Å². The highest BCUT2D eigenvalue weighted by molar-refractivity contribution is 5.71. The molecule has 0 aromatic heterocycles. The second-order valence-electron chi connectivity index (χ2n) is 8.10. The summed E-state index contributed by atoms with van der Waals surface area (Å²) >= 11 is 0. The lowest BCUT2D eigenvalue weighted by molar-refractivity contribution is -0.141. The minimum absolute atomic E-state index is 0.0868. The number of methoxy groups -OCH3 is 3. The molecule has 1 saturated heterocycles. The number of ether oxygens (including phenoxy) is 5. The number of benzene rings is 2. The molecular formula is C24H30N2O7. The number of carbonyl (C=O) groups is 1. The number of hydrogen-bond acceptors (Lipinski definition) is 9. The third-order valence-electron chi connectivity index (χ3n) is 6.22. The van der Waals surface area contributed by atoms with E-state index in [9.17, 15) is 9.90 Å². The number of fused-ring (bicyclic) bond motifs is 1. The average Bonchev–Trinajstić information content (AvgIpc) is 3.21. The molecule has 2 aliphatic heterocycles. The molecule has 1 fully saturated rings. The van der Waals surface area contributed by atoms with Crippen molar-refractivity contribution in [2.75, 3.05) is 34.5 Å². The summed E-state index contributed by atoms with van der Waals surface area (Å²) in [6.07, 6.45) is -0.149. The molecule has 0 spiro atoms. The van der Waals surface area contributed by atoms with Crippen molar-refractivity contribution in [1.29, 1.82) is 0 Å². The maximum atomic E-state index is 12.4. The minimum Gasteiger partial charge on any atom is -0.497 e. The molecule has 178 valence electrons. The summed E-state index contributed by atoms with van der Waals surface area (Å²) in [6.45, 7) is 0.865. The maximum Gasteiger partial charge on any atom is 0.306 e. The number of carbonyl (C=O) groups excluding carboxylic acids is 1. The van der Waals surface area contributed by atoms with Crippen LogP contribution in [0, 0.1) is 5.92 Å². The zero-order valence-corrected chi connectivity index (χ0v) is 19.0. The lowest BCUT2D eigenvalue weighted by Gasteiger charge is -2.31. The molecule has 9 nitrogen and oxygen atoms in total. The third kappa shape index (κ3) is 5.00. The predicted octanol–water partition coefficient (Wildman–Crippen LogP) is 1.78. The lowest BCUT2D eigenvalue weighted by Crippen LogP contribution is -2.36. The highest BCUT2D eigenvalue weighted by atomic mass is 16.6. The molecule has 4 unspecified atom stereocenters. The number of aliphatic hydroxyl groups excluding tert-OH is 1. The molecule has 33 heavy (non-hydrogen) atoms. The standard InChI is InChI=1S/C24H30N2O7/c1-29-16-6-4-14(5-7-16)10-18-22(24(28)26-25-18)17(13-21(27)31-3)15-11-19(30-2)23-20(12-15)32-8-9-33-23/h4-7,11-12,17-18,22,24-26,28H,8-10,13H2,1-3H3. The van der Waals surface area contributed by atoms with Gasteiger partial charge in [0.15, 0.2) is 11.5 Å². The molecule has 0 amide bonds. The van der Waals surface area contributed by atoms with Crippen LogP contribution in [0.15, 0.2) is 36.4 Å². The van der Waals surface area contributed by atoms with E-state index in [0.29, 0.717) is 36.9 Å². The summed E-state index contributed by atoms with van der Waals surface area (Å²) < 4.78 is 27.3. The van der Waals surface area contributed by atoms with Crippen LogP contribution in [-0.4, -0.2) is 57.9 Å². The fraction of sp³-hybridized carbons (Fsp3) is 0.458. The van der Waals surface area contributed by atoms with Crippen LogP contribution in [0.3, 0.4) is 0 Å². The Morgan fingerprint density at radius 3 is 2.55 bits per heavy atom. The molecule has 0 radical (unpaired) electrons. The van der Waals surface area contributed by atoms with Crippen molar-refractivity contribution in [3.63, 3.8) is 0 Å². The largest absolute Gasteiger partial charge is 0.497 e. The number of esters is 1. The molecule has 0 saturated carbocycles. The Labute approximate surface area is 192 Å². The number of hydrazine groups is 1. The Balaban J connectivity index is 1.68. The van der Waals surface area contributed by atoms with E-state index in [0.717, 1.165) is 16.9 Å². The number of rotatable bonds is 8. The van der Waals surface area contributed by atoms with Crippen molar-refractivity contribution < 1.29 is 33.6 Å². The fourth-order valence-corrected chi connectivity index (χ4v) is 4.55. The van der Waals surface area contributed by atoms with Crippen molar-refractivity contribution in [3.05, 3.63) is 47.5 Å². The summed E-state index contributed by atoms with van der Waals surface area (Å²) in [4.78, 5) is 12.4. The zero-order valence-electron chi connectivity index (χ0n) is 19.0. The summed E-state index contributed by atoms with van der Waals surface area (Å²) in [5.41, 5.74) is 8.01. The topological polar surface area (TPSA) is 108 Å². The first kappa shape index (κ1) is 23.2. The summed E-state index contributed by atoms with van der Waals surface area (Å²) in [6, 6.07) is 11.3. The van der Waals surface area contributed by atoms with E-state index in [-0.39, 0.29) is 30.3 Å². The molecule has 2 aromatic carbocycles. The second-order valence-corrected chi connectivity index (χ2v) is 8.10. The van der Waals surface area contributed by atoms with Gasteiger partial charge in [-0.05, 0) is 41.8 Å². The molecule has 4 atom stereocenters. The fourth-order valence-electron chi connectivity index (χ4n) is 4.55. The quantitative estimate of drug-likeness (QED) is 0.510. The minimum atomic E-state index is -0.873. The normalized spacial score (nSPS) is 22.5. The Hall–Kier alpha value is -3.01. The smallest absolute Gasteiger partial charge is 0.306 e. The number of aliphatic hydroxyl groups is 1. The second kappa shape index (κ2) is 10.3. The van der Waals surface area contributed by atoms with Crippen LogP contribution in [0.1, 0.15) is 23.5 Å². The molecule has 0 bridgehead atoms. The van der Waals surface area contributed by atoms with Gasteiger partial charge in [0.05, 0.1) is 27.8 Å². The number of nitrogens with one attached hydrogen (secondary N) is 2. The molecule has 2 heterocycles. The molecular weight excluding hydrogens is 428 g/mol. The van der Waals surface area contributed by atoms with E-state index >= 15 is 0 Å². The monoisotopic (exact) mass is 458 g/mol. The Morgan fingerprint density at radius 1 is 1.09 bits per heavy atom. The van der Waals surface area contributed by atoms with Crippen molar-refractivity contribution >= 4 is 5.97 Å². The van der Waals surface area contributed by atoms with E-state index in [1.165, 1.54) is 7.11 Å². The first-order valence-corrected chi connectivity index (χ1v) is 10.9. The van der Waals surface area contributed by atoms with Gasteiger partial charge in [0.25, 0.3) is 0 Å². The molecule has 2 aliphatic rings.